The molecule has 0 spiro atoms. The van der Waals surface area contributed by atoms with E-state index >= 15 is 0 Å². The largest absolute Gasteiger partial charge is 0.342 e. The number of aromatic nitrogens is 2. The summed E-state index contributed by atoms with van der Waals surface area (Å²) in [5.74, 6) is -0.329. The number of halogens is 1. The van der Waals surface area contributed by atoms with Crippen molar-refractivity contribution in [2.45, 2.75) is 19.4 Å². The van der Waals surface area contributed by atoms with Gasteiger partial charge in [-0.2, -0.15) is 0 Å². The maximum atomic E-state index is 13.9. The van der Waals surface area contributed by atoms with Crippen LogP contribution in [0.15, 0.2) is 29.1 Å². The number of nitrogens with zero attached hydrogens (tertiary/aromatic N) is 3. The highest BCUT2D eigenvalue weighted by atomic mass is 19.1. The van der Waals surface area contributed by atoms with Crippen LogP contribution in [0.2, 0.25) is 0 Å². The van der Waals surface area contributed by atoms with Crippen molar-refractivity contribution < 1.29 is 14.0 Å². The zero-order valence-corrected chi connectivity index (χ0v) is 17.3. The first kappa shape index (κ1) is 20.2. The van der Waals surface area contributed by atoms with Crippen molar-refractivity contribution in [1.29, 1.82) is 0 Å². The lowest BCUT2D eigenvalue weighted by molar-refractivity contribution is -0.129. The van der Waals surface area contributed by atoms with Crippen LogP contribution in [0.4, 0.5) is 9.18 Å². The number of likely N-dealkylation sites (tertiary alicyclic amines) is 2. The van der Waals surface area contributed by atoms with E-state index in [9.17, 15) is 18.8 Å². The van der Waals surface area contributed by atoms with Crippen molar-refractivity contribution in [2.75, 3.05) is 33.7 Å². The molecule has 3 atom stereocenters. The van der Waals surface area contributed by atoms with Crippen molar-refractivity contribution in [3.63, 3.8) is 0 Å². The summed E-state index contributed by atoms with van der Waals surface area (Å²) in [6.45, 7) is 3.26. The highest BCUT2D eigenvalue weighted by Crippen LogP contribution is 2.45. The number of benzene rings is 1. The minimum atomic E-state index is -0.346. The summed E-state index contributed by atoms with van der Waals surface area (Å²) in [6, 6.07) is 5.92. The Hall–Kier alpha value is -3.10. The number of H-pyrrole nitrogens is 2. The van der Waals surface area contributed by atoms with Crippen LogP contribution in [0.1, 0.15) is 22.9 Å². The molecule has 4 rings (SSSR count). The van der Waals surface area contributed by atoms with Gasteiger partial charge in [0.2, 0.25) is 5.91 Å². The van der Waals surface area contributed by atoms with Gasteiger partial charge in [0.25, 0.3) is 5.56 Å². The molecule has 160 valence electrons. The summed E-state index contributed by atoms with van der Waals surface area (Å²) < 4.78 is 13.9. The number of aromatic amines is 2. The second-order valence-corrected chi connectivity index (χ2v) is 8.41. The average Bonchev–Trinajstić information content (AvgIpc) is 3.35. The number of amides is 3. The number of urea groups is 1. The summed E-state index contributed by atoms with van der Waals surface area (Å²) >= 11 is 0. The van der Waals surface area contributed by atoms with Gasteiger partial charge in [0, 0.05) is 56.8 Å². The zero-order valence-electron chi connectivity index (χ0n) is 17.3. The SMILES string of the molecule is Cc1[nH][nH]c(=O)c1CC(=O)N1C[C@@H]2CN(C(=O)N(C)C)[C@@H](c3cccc(F)c3)[C@@H]2C1. The molecule has 2 aliphatic rings. The lowest BCUT2D eigenvalue weighted by atomic mass is 9.89. The first-order valence-corrected chi connectivity index (χ1v) is 10.0. The summed E-state index contributed by atoms with van der Waals surface area (Å²) in [5, 5.41) is 5.24. The maximum Gasteiger partial charge on any atom is 0.320 e. The van der Waals surface area contributed by atoms with Gasteiger partial charge in [0.15, 0.2) is 0 Å². The number of carbonyl (C=O) groups is 2. The molecule has 0 aliphatic carbocycles. The van der Waals surface area contributed by atoms with E-state index in [1.54, 1.807) is 36.9 Å². The highest BCUT2D eigenvalue weighted by molar-refractivity contribution is 5.79. The van der Waals surface area contributed by atoms with Gasteiger partial charge in [-0.1, -0.05) is 12.1 Å². The quantitative estimate of drug-likeness (QED) is 0.796. The monoisotopic (exact) mass is 415 g/mol. The Morgan fingerprint density at radius 3 is 2.60 bits per heavy atom. The third kappa shape index (κ3) is 3.48. The van der Waals surface area contributed by atoms with Crippen molar-refractivity contribution in [1.82, 2.24) is 24.9 Å². The Kier molecular flexibility index (Phi) is 5.13. The number of carbonyl (C=O) groups excluding carboxylic acids is 2. The van der Waals surface area contributed by atoms with E-state index < -0.39 is 0 Å². The predicted octanol–water partition coefficient (Wildman–Crippen LogP) is 1.51. The summed E-state index contributed by atoms with van der Waals surface area (Å²) in [7, 11) is 3.40. The van der Waals surface area contributed by atoms with Gasteiger partial charge in [-0.3, -0.25) is 14.7 Å². The molecule has 2 aliphatic heterocycles. The summed E-state index contributed by atoms with van der Waals surface area (Å²) in [4.78, 5) is 42.6. The molecule has 2 aromatic rings. The Balaban J connectivity index is 1.57. The molecule has 2 fully saturated rings. The number of fused-ring (bicyclic) bond motifs is 1. The van der Waals surface area contributed by atoms with Gasteiger partial charge < -0.3 is 19.8 Å². The molecule has 0 unspecified atom stereocenters. The molecule has 1 aromatic carbocycles. The van der Waals surface area contributed by atoms with E-state index in [-0.39, 0.29) is 47.6 Å². The fraction of sp³-hybridized carbons (Fsp3) is 0.476. The molecule has 2 saturated heterocycles. The molecule has 0 saturated carbocycles. The van der Waals surface area contributed by atoms with Crippen molar-refractivity contribution in [3.05, 3.63) is 57.3 Å². The molecule has 30 heavy (non-hydrogen) atoms. The molecule has 1 aromatic heterocycles. The van der Waals surface area contributed by atoms with Gasteiger partial charge >= 0.3 is 6.03 Å². The molecule has 0 bridgehead atoms. The highest BCUT2D eigenvalue weighted by Gasteiger charge is 2.50. The standard InChI is InChI=1S/C21H26FN5O3/c1-12-16(20(29)24-23-12)8-18(28)26-9-14-10-27(21(30)25(2)3)19(17(14)11-26)13-5-4-6-15(22)7-13/h4-7,14,17,19H,8-11H2,1-3H3,(H2,23,24,29)/t14-,17-,19+/m1/s1. The Morgan fingerprint density at radius 1 is 1.20 bits per heavy atom. The first-order valence-electron chi connectivity index (χ1n) is 10.0. The minimum Gasteiger partial charge on any atom is -0.342 e. The van der Waals surface area contributed by atoms with E-state index in [2.05, 4.69) is 10.2 Å². The summed E-state index contributed by atoms with van der Waals surface area (Å²) in [6.07, 6.45) is 0.0368. The zero-order chi connectivity index (χ0) is 21.6. The minimum absolute atomic E-state index is 0.0188. The molecule has 8 nitrogen and oxygen atoms in total. The van der Waals surface area contributed by atoms with Gasteiger partial charge in [-0.25, -0.2) is 9.18 Å². The number of hydrogen-bond acceptors (Lipinski definition) is 3. The second-order valence-electron chi connectivity index (χ2n) is 8.41. The Labute approximate surface area is 173 Å². The maximum absolute atomic E-state index is 13.9. The second kappa shape index (κ2) is 7.62. The van der Waals surface area contributed by atoms with Crippen LogP contribution >= 0.6 is 0 Å². The van der Waals surface area contributed by atoms with Gasteiger partial charge in [0.1, 0.15) is 5.82 Å². The van der Waals surface area contributed by atoms with Crippen molar-refractivity contribution in [2.24, 2.45) is 11.8 Å². The predicted molar refractivity (Wildman–Crippen MR) is 108 cm³/mol. The average molecular weight is 415 g/mol. The number of nitrogens with one attached hydrogen (secondary N) is 2. The fourth-order valence-corrected chi connectivity index (χ4v) is 4.77. The summed E-state index contributed by atoms with van der Waals surface area (Å²) in [5.41, 5.74) is 1.57. The van der Waals surface area contributed by atoms with Crippen LogP contribution in [0.3, 0.4) is 0 Å². The van der Waals surface area contributed by atoms with E-state index in [0.717, 1.165) is 5.56 Å². The third-order valence-electron chi connectivity index (χ3n) is 6.25. The smallest absolute Gasteiger partial charge is 0.320 e. The van der Waals surface area contributed by atoms with E-state index in [4.69, 9.17) is 0 Å². The molecule has 3 heterocycles. The molecule has 3 amide bonds. The van der Waals surface area contributed by atoms with Gasteiger partial charge in [0.05, 0.1) is 12.5 Å². The van der Waals surface area contributed by atoms with Crippen LogP contribution in [-0.2, 0) is 11.2 Å². The molecule has 0 radical (unpaired) electrons. The molecular weight excluding hydrogens is 389 g/mol. The van der Waals surface area contributed by atoms with Crippen LogP contribution in [-0.4, -0.2) is 70.6 Å². The normalized spacial score (nSPS) is 23.0. The topological polar surface area (TPSA) is 92.5 Å². The lowest BCUT2D eigenvalue weighted by Gasteiger charge is -2.32. The number of hydrogen-bond donors (Lipinski definition) is 2. The lowest BCUT2D eigenvalue weighted by Crippen LogP contribution is -2.42. The Bertz CT molecular complexity index is 1030. The van der Waals surface area contributed by atoms with E-state index in [1.807, 2.05) is 6.07 Å². The number of aryl methyl sites for hydroxylation is 1. The number of rotatable bonds is 3. The van der Waals surface area contributed by atoms with Gasteiger partial charge in [-0.15, -0.1) is 0 Å². The van der Waals surface area contributed by atoms with Crippen molar-refractivity contribution >= 4 is 11.9 Å². The van der Waals surface area contributed by atoms with Crippen LogP contribution < -0.4 is 5.56 Å². The van der Waals surface area contributed by atoms with E-state index in [1.165, 1.54) is 17.0 Å². The van der Waals surface area contributed by atoms with E-state index in [0.29, 0.717) is 30.9 Å². The van der Waals surface area contributed by atoms with Crippen LogP contribution in [0.25, 0.3) is 0 Å². The Morgan fingerprint density at radius 2 is 1.97 bits per heavy atom. The third-order valence-corrected chi connectivity index (χ3v) is 6.25. The molecule has 2 N–H and O–H groups in total. The van der Waals surface area contributed by atoms with Gasteiger partial charge in [-0.05, 0) is 24.6 Å². The molecule has 9 heteroatoms. The van der Waals surface area contributed by atoms with Crippen molar-refractivity contribution in [3.8, 4) is 0 Å². The first-order chi connectivity index (χ1) is 14.3. The van der Waals surface area contributed by atoms with Crippen LogP contribution in [0.5, 0.6) is 0 Å². The van der Waals surface area contributed by atoms with Crippen LogP contribution in [0, 0.1) is 24.6 Å². The fourth-order valence-electron chi connectivity index (χ4n) is 4.77. The molecular formula is C21H26FN5O3.